The molecule has 21 heavy (non-hydrogen) atoms. The van der Waals surface area contributed by atoms with E-state index in [9.17, 15) is 0 Å². The smallest absolute Gasteiger partial charge is 0.233 e. The van der Waals surface area contributed by atoms with Crippen molar-refractivity contribution in [1.82, 2.24) is 20.5 Å². The van der Waals surface area contributed by atoms with Gasteiger partial charge in [0.1, 0.15) is 10.7 Å². The van der Waals surface area contributed by atoms with Crippen LogP contribution in [0.25, 0.3) is 10.7 Å². The van der Waals surface area contributed by atoms with E-state index in [4.69, 9.17) is 9.72 Å². The average Bonchev–Trinajstić information content (AvgIpc) is 2.89. The number of hydrogen-bond acceptors (Lipinski definition) is 6. The first kappa shape index (κ1) is 15.9. The molecule has 0 fully saturated rings. The van der Waals surface area contributed by atoms with Gasteiger partial charge in [0.05, 0.1) is 12.8 Å². The molecule has 0 atom stereocenters. The SMILES string of the molecule is COc1ccc(-c2nc(C(C)C)c(CNC(C)C)s2)nn1. The van der Waals surface area contributed by atoms with Crippen LogP contribution in [0.2, 0.25) is 0 Å². The Balaban J connectivity index is 2.28. The Morgan fingerprint density at radius 1 is 1.19 bits per heavy atom. The standard InChI is InChI=1S/C15H22N4OS/c1-9(2)14-12(8-16-10(3)4)21-15(17-14)11-6-7-13(20-5)19-18-11/h6-7,9-10,16H,8H2,1-5H3. The van der Waals surface area contributed by atoms with Gasteiger partial charge in [-0.25, -0.2) is 4.98 Å². The molecule has 0 aliphatic carbocycles. The van der Waals surface area contributed by atoms with Crippen molar-refractivity contribution in [2.45, 2.75) is 46.2 Å². The maximum Gasteiger partial charge on any atom is 0.233 e. The highest BCUT2D eigenvalue weighted by Crippen LogP contribution is 2.31. The van der Waals surface area contributed by atoms with E-state index in [2.05, 4.69) is 43.2 Å². The minimum absolute atomic E-state index is 0.394. The van der Waals surface area contributed by atoms with Crippen LogP contribution < -0.4 is 10.1 Å². The minimum atomic E-state index is 0.394. The molecule has 0 aliphatic heterocycles. The van der Waals surface area contributed by atoms with Gasteiger partial charge in [0.15, 0.2) is 0 Å². The van der Waals surface area contributed by atoms with Crippen LogP contribution in [0, 0.1) is 0 Å². The van der Waals surface area contributed by atoms with Crippen LogP contribution in [0.3, 0.4) is 0 Å². The Hall–Kier alpha value is -1.53. The molecule has 0 amide bonds. The van der Waals surface area contributed by atoms with Crippen molar-refractivity contribution in [2.75, 3.05) is 7.11 Å². The third kappa shape index (κ3) is 3.98. The summed E-state index contributed by atoms with van der Waals surface area (Å²) >= 11 is 1.68. The second kappa shape index (κ2) is 6.95. The molecule has 2 aromatic rings. The number of hydrogen-bond donors (Lipinski definition) is 1. The molecule has 2 aromatic heterocycles. The highest BCUT2D eigenvalue weighted by molar-refractivity contribution is 7.15. The van der Waals surface area contributed by atoms with Gasteiger partial charge in [-0.15, -0.1) is 21.5 Å². The average molecular weight is 306 g/mol. The highest BCUT2D eigenvalue weighted by Gasteiger charge is 2.16. The molecular weight excluding hydrogens is 284 g/mol. The van der Waals surface area contributed by atoms with Gasteiger partial charge >= 0.3 is 0 Å². The first-order valence-electron chi connectivity index (χ1n) is 7.12. The van der Waals surface area contributed by atoms with E-state index in [-0.39, 0.29) is 0 Å². The zero-order chi connectivity index (χ0) is 15.4. The zero-order valence-electron chi connectivity index (χ0n) is 13.2. The van der Waals surface area contributed by atoms with Crippen molar-refractivity contribution < 1.29 is 4.74 Å². The van der Waals surface area contributed by atoms with Gasteiger partial charge in [0, 0.05) is 23.5 Å². The van der Waals surface area contributed by atoms with Crippen molar-refractivity contribution in [2.24, 2.45) is 0 Å². The van der Waals surface area contributed by atoms with E-state index in [0.717, 1.165) is 22.9 Å². The summed E-state index contributed by atoms with van der Waals surface area (Å²) in [6.45, 7) is 9.46. The van der Waals surface area contributed by atoms with E-state index in [0.29, 0.717) is 17.8 Å². The Kier molecular flexibility index (Phi) is 5.25. The molecule has 0 saturated carbocycles. The lowest BCUT2D eigenvalue weighted by molar-refractivity contribution is 0.392. The molecular formula is C15H22N4OS. The molecule has 0 unspecified atom stereocenters. The van der Waals surface area contributed by atoms with E-state index in [1.54, 1.807) is 18.4 Å². The fourth-order valence-corrected chi connectivity index (χ4v) is 3.02. The van der Waals surface area contributed by atoms with Crippen molar-refractivity contribution in [3.63, 3.8) is 0 Å². The molecule has 0 spiro atoms. The highest BCUT2D eigenvalue weighted by atomic mass is 32.1. The number of nitrogens with zero attached hydrogens (tertiary/aromatic N) is 3. The van der Waals surface area contributed by atoms with Gasteiger partial charge in [-0.1, -0.05) is 27.7 Å². The molecule has 1 N–H and O–H groups in total. The largest absolute Gasteiger partial charge is 0.480 e. The Morgan fingerprint density at radius 2 is 1.95 bits per heavy atom. The second-order valence-electron chi connectivity index (χ2n) is 5.48. The van der Waals surface area contributed by atoms with Crippen LogP contribution in [0.5, 0.6) is 5.88 Å². The number of nitrogens with one attached hydrogen (secondary N) is 1. The summed E-state index contributed by atoms with van der Waals surface area (Å²) in [5.41, 5.74) is 1.93. The summed E-state index contributed by atoms with van der Waals surface area (Å²) in [4.78, 5) is 6.02. The molecule has 0 aromatic carbocycles. The maximum absolute atomic E-state index is 5.04. The van der Waals surface area contributed by atoms with Gasteiger partial charge in [-0.05, 0) is 12.0 Å². The zero-order valence-corrected chi connectivity index (χ0v) is 14.0. The van der Waals surface area contributed by atoms with Crippen LogP contribution in [-0.4, -0.2) is 28.3 Å². The Morgan fingerprint density at radius 3 is 2.48 bits per heavy atom. The number of thiazole rings is 1. The minimum Gasteiger partial charge on any atom is -0.480 e. The summed E-state index contributed by atoms with van der Waals surface area (Å²) in [7, 11) is 1.58. The van der Waals surface area contributed by atoms with E-state index in [1.165, 1.54) is 4.88 Å². The number of ether oxygens (including phenoxy) is 1. The van der Waals surface area contributed by atoms with Crippen LogP contribution in [-0.2, 0) is 6.54 Å². The third-order valence-electron chi connectivity index (χ3n) is 3.01. The van der Waals surface area contributed by atoms with Crippen molar-refractivity contribution in [3.05, 3.63) is 22.7 Å². The summed E-state index contributed by atoms with van der Waals surface area (Å²) in [5, 5.41) is 12.6. The van der Waals surface area contributed by atoms with Crippen LogP contribution >= 0.6 is 11.3 Å². The monoisotopic (exact) mass is 306 g/mol. The summed E-state index contributed by atoms with van der Waals surface area (Å²) in [6, 6.07) is 4.16. The number of rotatable bonds is 6. The lowest BCUT2D eigenvalue weighted by Crippen LogP contribution is -2.22. The van der Waals surface area contributed by atoms with E-state index < -0.39 is 0 Å². The number of aromatic nitrogens is 3. The fourth-order valence-electron chi connectivity index (χ4n) is 1.89. The first-order chi connectivity index (χ1) is 10.0. The van der Waals surface area contributed by atoms with Crippen molar-refractivity contribution >= 4 is 11.3 Å². The lowest BCUT2D eigenvalue weighted by atomic mass is 10.1. The first-order valence-corrected chi connectivity index (χ1v) is 7.94. The normalized spacial score (nSPS) is 11.4. The molecule has 114 valence electrons. The van der Waals surface area contributed by atoms with Gasteiger partial charge < -0.3 is 10.1 Å². The van der Waals surface area contributed by atoms with Crippen molar-refractivity contribution in [1.29, 1.82) is 0 Å². The van der Waals surface area contributed by atoms with Crippen LogP contribution in [0.15, 0.2) is 12.1 Å². The lowest BCUT2D eigenvalue weighted by Gasteiger charge is -2.09. The quantitative estimate of drug-likeness (QED) is 0.888. The van der Waals surface area contributed by atoms with E-state index in [1.807, 2.05) is 12.1 Å². The van der Waals surface area contributed by atoms with Gasteiger partial charge in [0.25, 0.3) is 0 Å². The molecule has 2 rings (SSSR count). The topological polar surface area (TPSA) is 59.9 Å². The van der Waals surface area contributed by atoms with Gasteiger partial charge in [0.2, 0.25) is 5.88 Å². The summed E-state index contributed by atoms with van der Waals surface area (Å²) in [5.74, 6) is 0.909. The summed E-state index contributed by atoms with van der Waals surface area (Å²) in [6.07, 6.45) is 0. The number of methoxy groups -OCH3 is 1. The molecule has 2 heterocycles. The van der Waals surface area contributed by atoms with Gasteiger partial charge in [-0.3, -0.25) is 0 Å². The molecule has 0 saturated heterocycles. The van der Waals surface area contributed by atoms with E-state index >= 15 is 0 Å². The van der Waals surface area contributed by atoms with Crippen molar-refractivity contribution in [3.8, 4) is 16.6 Å². The molecule has 0 bridgehead atoms. The van der Waals surface area contributed by atoms with Crippen LogP contribution in [0.4, 0.5) is 0 Å². The third-order valence-corrected chi connectivity index (χ3v) is 4.11. The molecule has 0 aliphatic rings. The molecule has 6 heteroatoms. The Labute approximate surface area is 129 Å². The Bertz CT molecular complexity index is 578. The maximum atomic E-state index is 5.04. The predicted molar refractivity (Wildman–Crippen MR) is 85.8 cm³/mol. The molecule has 0 radical (unpaired) electrons. The predicted octanol–water partition coefficient (Wildman–Crippen LogP) is 3.23. The van der Waals surface area contributed by atoms with Crippen LogP contribution in [0.1, 0.15) is 44.2 Å². The second-order valence-corrected chi connectivity index (χ2v) is 6.56. The fraction of sp³-hybridized carbons (Fsp3) is 0.533. The summed E-state index contributed by atoms with van der Waals surface area (Å²) < 4.78 is 5.04. The van der Waals surface area contributed by atoms with Gasteiger partial charge in [-0.2, -0.15) is 0 Å². The molecule has 5 nitrogen and oxygen atoms in total.